The second kappa shape index (κ2) is 5.87. The summed E-state index contributed by atoms with van der Waals surface area (Å²) in [6.07, 6.45) is 0. The molecule has 0 saturated heterocycles. The second-order valence-electron chi connectivity index (χ2n) is 5.18. The molecule has 110 valence electrons. The Labute approximate surface area is 124 Å². The van der Waals surface area contributed by atoms with Crippen LogP contribution in [-0.2, 0) is 0 Å². The van der Waals surface area contributed by atoms with E-state index in [1.165, 1.54) is 5.56 Å². The molecule has 0 radical (unpaired) electrons. The van der Waals surface area contributed by atoms with Crippen LogP contribution in [0.15, 0.2) is 30.3 Å². The molecule has 1 amide bonds. The molecule has 3 N–H and O–H groups in total. The van der Waals surface area contributed by atoms with Gasteiger partial charge in [0.05, 0.1) is 12.8 Å². The molecule has 2 rings (SSSR count). The first-order chi connectivity index (χ1) is 9.92. The molecule has 21 heavy (non-hydrogen) atoms. The minimum Gasteiger partial charge on any atom is -0.495 e. The third-order valence-corrected chi connectivity index (χ3v) is 3.41. The standard InChI is InChI=1S/C17H20N2O2/c1-10-7-11(2)16(12(3)8-10)19-17(20)13-5-6-15(21-4)14(18)9-13/h5-9H,18H2,1-4H3,(H,19,20). The SMILES string of the molecule is COc1ccc(C(=O)Nc2c(C)cc(C)cc2C)cc1N. The maximum atomic E-state index is 12.3. The number of amides is 1. The third kappa shape index (κ3) is 3.16. The maximum Gasteiger partial charge on any atom is 0.255 e. The Morgan fingerprint density at radius 2 is 1.71 bits per heavy atom. The molecule has 0 saturated carbocycles. The fourth-order valence-electron chi connectivity index (χ4n) is 2.44. The zero-order valence-corrected chi connectivity index (χ0v) is 12.8. The van der Waals surface area contributed by atoms with Crippen LogP contribution in [0.4, 0.5) is 11.4 Å². The highest BCUT2D eigenvalue weighted by molar-refractivity contribution is 6.05. The minimum absolute atomic E-state index is 0.181. The van der Waals surface area contributed by atoms with Crippen molar-refractivity contribution in [2.45, 2.75) is 20.8 Å². The van der Waals surface area contributed by atoms with E-state index in [4.69, 9.17) is 10.5 Å². The summed E-state index contributed by atoms with van der Waals surface area (Å²) in [4.78, 5) is 12.3. The number of anilines is 2. The van der Waals surface area contributed by atoms with E-state index >= 15 is 0 Å². The van der Waals surface area contributed by atoms with Crippen LogP contribution in [-0.4, -0.2) is 13.0 Å². The number of aryl methyl sites for hydroxylation is 3. The van der Waals surface area contributed by atoms with E-state index in [9.17, 15) is 4.79 Å². The molecule has 0 bridgehead atoms. The molecular weight excluding hydrogens is 264 g/mol. The normalized spacial score (nSPS) is 10.3. The number of ether oxygens (including phenoxy) is 1. The van der Waals surface area contributed by atoms with Gasteiger partial charge >= 0.3 is 0 Å². The summed E-state index contributed by atoms with van der Waals surface area (Å²) in [5, 5.41) is 2.95. The number of hydrogen-bond donors (Lipinski definition) is 2. The van der Waals surface area contributed by atoms with E-state index in [1.807, 2.05) is 32.9 Å². The van der Waals surface area contributed by atoms with Crippen LogP contribution in [0.25, 0.3) is 0 Å². The summed E-state index contributed by atoms with van der Waals surface area (Å²) in [6, 6.07) is 9.10. The Morgan fingerprint density at radius 1 is 1.10 bits per heavy atom. The van der Waals surface area contributed by atoms with Crippen LogP contribution in [0.5, 0.6) is 5.75 Å². The van der Waals surface area contributed by atoms with Gasteiger partial charge in [-0.25, -0.2) is 0 Å². The average molecular weight is 284 g/mol. The summed E-state index contributed by atoms with van der Waals surface area (Å²) in [6.45, 7) is 6.01. The van der Waals surface area contributed by atoms with Crippen LogP contribution in [0.1, 0.15) is 27.0 Å². The zero-order valence-electron chi connectivity index (χ0n) is 12.8. The first-order valence-corrected chi connectivity index (χ1v) is 6.75. The third-order valence-electron chi connectivity index (χ3n) is 3.41. The molecular formula is C17H20N2O2. The van der Waals surface area contributed by atoms with E-state index < -0.39 is 0 Å². The average Bonchev–Trinajstić information content (AvgIpc) is 2.42. The van der Waals surface area contributed by atoms with Gasteiger partial charge in [0.2, 0.25) is 0 Å². The predicted molar refractivity (Wildman–Crippen MR) is 86.0 cm³/mol. The van der Waals surface area contributed by atoms with E-state index in [0.29, 0.717) is 17.0 Å². The van der Waals surface area contributed by atoms with E-state index in [-0.39, 0.29) is 5.91 Å². The van der Waals surface area contributed by atoms with Crippen molar-refractivity contribution >= 4 is 17.3 Å². The molecule has 2 aromatic carbocycles. The van der Waals surface area contributed by atoms with Crippen LogP contribution < -0.4 is 15.8 Å². The van der Waals surface area contributed by atoms with Gasteiger partial charge in [-0.2, -0.15) is 0 Å². The first-order valence-electron chi connectivity index (χ1n) is 6.75. The number of nitrogens with two attached hydrogens (primary N) is 1. The van der Waals surface area contributed by atoms with Gasteiger partial charge in [0.25, 0.3) is 5.91 Å². The van der Waals surface area contributed by atoms with Gasteiger partial charge in [-0.1, -0.05) is 17.7 Å². The summed E-state index contributed by atoms with van der Waals surface area (Å²) in [5.74, 6) is 0.383. The van der Waals surface area contributed by atoms with Crippen LogP contribution in [0.2, 0.25) is 0 Å². The van der Waals surface area contributed by atoms with E-state index in [1.54, 1.807) is 25.3 Å². The number of carbonyl (C=O) groups is 1. The van der Waals surface area contributed by atoms with Crippen LogP contribution in [0, 0.1) is 20.8 Å². The molecule has 0 aliphatic carbocycles. The molecule has 4 heteroatoms. The van der Waals surface area contributed by atoms with Crippen molar-refractivity contribution in [1.82, 2.24) is 0 Å². The zero-order chi connectivity index (χ0) is 15.6. The van der Waals surface area contributed by atoms with Crippen molar-refractivity contribution in [2.24, 2.45) is 0 Å². The monoisotopic (exact) mass is 284 g/mol. The van der Waals surface area contributed by atoms with Crippen LogP contribution >= 0.6 is 0 Å². The van der Waals surface area contributed by atoms with Gasteiger partial charge in [0.1, 0.15) is 5.75 Å². The highest BCUT2D eigenvalue weighted by Crippen LogP contribution is 2.25. The molecule has 0 heterocycles. The fourth-order valence-corrected chi connectivity index (χ4v) is 2.44. The van der Waals surface area contributed by atoms with Gasteiger partial charge in [-0.3, -0.25) is 4.79 Å². The number of hydrogen-bond acceptors (Lipinski definition) is 3. The van der Waals surface area contributed by atoms with Crippen molar-refractivity contribution in [3.8, 4) is 5.75 Å². The molecule has 4 nitrogen and oxygen atoms in total. The van der Waals surface area contributed by atoms with Gasteiger partial charge in [0, 0.05) is 11.3 Å². The number of nitrogen functional groups attached to an aromatic ring is 1. The lowest BCUT2D eigenvalue weighted by Crippen LogP contribution is -2.14. The lowest BCUT2D eigenvalue weighted by Gasteiger charge is -2.13. The smallest absolute Gasteiger partial charge is 0.255 e. The number of carbonyl (C=O) groups excluding carboxylic acids is 1. The summed E-state index contributed by atoms with van der Waals surface area (Å²) in [5.41, 5.74) is 10.9. The molecule has 0 spiro atoms. The Hall–Kier alpha value is -2.49. The Morgan fingerprint density at radius 3 is 2.24 bits per heavy atom. The summed E-state index contributed by atoms with van der Waals surface area (Å²) < 4.78 is 5.09. The van der Waals surface area contributed by atoms with Crippen molar-refractivity contribution < 1.29 is 9.53 Å². The molecule has 0 aliphatic heterocycles. The highest BCUT2D eigenvalue weighted by atomic mass is 16.5. The first kappa shape index (κ1) is 14.9. The molecule has 0 aliphatic rings. The topological polar surface area (TPSA) is 64.3 Å². The number of nitrogens with one attached hydrogen (secondary N) is 1. The number of rotatable bonds is 3. The van der Waals surface area contributed by atoms with Crippen molar-refractivity contribution in [2.75, 3.05) is 18.2 Å². The summed E-state index contributed by atoms with van der Waals surface area (Å²) >= 11 is 0. The molecule has 2 aromatic rings. The molecule has 0 aromatic heterocycles. The van der Waals surface area contributed by atoms with Gasteiger partial charge in [-0.15, -0.1) is 0 Å². The molecule has 0 atom stereocenters. The van der Waals surface area contributed by atoms with Crippen molar-refractivity contribution in [3.05, 3.63) is 52.6 Å². The largest absolute Gasteiger partial charge is 0.495 e. The van der Waals surface area contributed by atoms with Crippen molar-refractivity contribution in [3.63, 3.8) is 0 Å². The second-order valence-corrected chi connectivity index (χ2v) is 5.18. The Bertz CT molecular complexity index is 670. The van der Waals surface area contributed by atoms with E-state index in [0.717, 1.165) is 16.8 Å². The predicted octanol–water partition coefficient (Wildman–Crippen LogP) is 3.45. The summed E-state index contributed by atoms with van der Waals surface area (Å²) in [7, 11) is 1.55. The van der Waals surface area contributed by atoms with E-state index in [2.05, 4.69) is 5.32 Å². The Kier molecular flexibility index (Phi) is 4.17. The fraction of sp³-hybridized carbons (Fsp3) is 0.235. The maximum absolute atomic E-state index is 12.3. The van der Waals surface area contributed by atoms with Gasteiger partial charge in [0.15, 0.2) is 0 Å². The van der Waals surface area contributed by atoms with Crippen molar-refractivity contribution in [1.29, 1.82) is 0 Å². The lowest BCUT2D eigenvalue weighted by atomic mass is 10.0. The highest BCUT2D eigenvalue weighted by Gasteiger charge is 2.12. The molecule has 0 unspecified atom stereocenters. The number of benzene rings is 2. The van der Waals surface area contributed by atoms with Crippen LogP contribution in [0.3, 0.4) is 0 Å². The van der Waals surface area contributed by atoms with Gasteiger partial charge in [-0.05, 0) is 50.1 Å². The quantitative estimate of drug-likeness (QED) is 0.848. The molecule has 0 fully saturated rings. The van der Waals surface area contributed by atoms with Gasteiger partial charge < -0.3 is 15.8 Å². The Balaban J connectivity index is 2.28. The lowest BCUT2D eigenvalue weighted by molar-refractivity contribution is 0.102. The minimum atomic E-state index is -0.181. The number of methoxy groups -OCH3 is 1.